The van der Waals surface area contributed by atoms with Gasteiger partial charge in [0.1, 0.15) is 17.7 Å². The minimum Gasteiger partial charge on any atom is -0.444 e. The Labute approximate surface area is 216 Å². The van der Waals surface area contributed by atoms with Crippen molar-refractivity contribution in [3.63, 3.8) is 0 Å². The highest BCUT2D eigenvalue weighted by Gasteiger charge is 2.42. The molecule has 2 atom stereocenters. The zero-order valence-corrected chi connectivity index (χ0v) is 23.0. The first-order valence-corrected chi connectivity index (χ1v) is 13.4. The van der Waals surface area contributed by atoms with E-state index in [1.54, 1.807) is 25.7 Å². The lowest BCUT2D eigenvalue weighted by atomic mass is 9.87. The first kappa shape index (κ1) is 29.0. The van der Waals surface area contributed by atoms with Gasteiger partial charge in [-0.25, -0.2) is 4.79 Å². The lowest BCUT2D eigenvalue weighted by molar-refractivity contribution is -0.147. The van der Waals surface area contributed by atoms with Gasteiger partial charge in [-0.05, 0) is 77.0 Å². The maximum absolute atomic E-state index is 13.9. The number of hydrogen-bond donors (Lipinski definition) is 3. The summed E-state index contributed by atoms with van der Waals surface area (Å²) in [7, 11) is 0. The van der Waals surface area contributed by atoms with Crippen molar-refractivity contribution in [2.45, 2.75) is 104 Å². The Hall–Kier alpha value is -2.22. The van der Waals surface area contributed by atoms with E-state index in [1.807, 2.05) is 32.0 Å². The lowest BCUT2D eigenvalue weighted by Crippen LogP contribution is -2.58. The number of nitrogens with one attached hydrogen (secondary N) is 2. The topological polar surface area (TPSA) is 87.7 Å². The van der Waals surface area contributed by atoms with Crippen LogP contribution < -0.4 is 10.6 Å². The smallest absolute Gasteiger partial charge is 0.408 e. The highest BCUT2D eigenvalue weighted by Crippen LogP contribution is 2.35. The van der Waals surface area contributed by atoms with Gasteiger partial charge in [0.05, 0.1) is 0 Å². The van der Waals surface area contributed by atoms with Gasteiger partial charge >= 0.3 is 6.09 Å². The summed E-state index contributed by atoms with van der Waals surface area (Å²) in [6.07, 6.45) is 4.94. The van der Waals surface area contributed by atoms with Gasteiger partial charge in [0.25, 0.3) is 0 Å². The van der Waals surface area contributed by atoms with Crippen LogP contribution in [0.2, 0.25) is 0 Å². The minimum absolute atomic E-state index is 0.0726. The quantitative estimate of drug-likeness (QED) is 0.296. The van der Waals surface area contributed by atoms with Crippen LogP contribution in [0.1, 0.15) is 89.0 Å². The average molecular weight is 506 g/mol. The SMILES string of the molecule is CCCCCNC(=O)C(c1cccc(C)c1C)N(C(=O)C(CS)NC(=O)OC(C)(C)C)C1CCC1. The molecule has 1 aromatic carbocycles. The predicted molar refractivity (Wildman–Crippen MR) is 143 cm³/mol. The first-order chi connectivity index (χ1) is 16.5. The second-order valence-corrected chi connectivity index (χ2v) is 10.8. The maximum atomic E-state index is 13.9. The number of unbranched alkanes of at least 4 members (excludes halogenated alkanes) is 2. The van der Waals surface area contributed by atoms with E-state index < -0.39 is 23.8 Å². The fourth-order valence-corrected chi connectivity index (χ4v) is 4.42. The van der Waals surface area contributed by atoms with Crippen LogP contribution in [0.3, 0.4) is 0 Å². The highest BCUT2D eigenvalue weighted by atomic mass is 32.1. The molecule has 0 radical (unpaired) electrons. The number of ether oxygens (including phenoxy) is 1. The van der Waals surface area contributed by atoms with Gasteiger partial charge in [0.2, 0.25) is 11.8 Å². The zero-order valence-electron chi connectivity index (χ0n) is 22.1. The summed E-state index contributed by atoms with van der Waals surface area (Å²) in [5.74, 6) is -0.408. The predicted octanol–water partition coefficient (Wildman–Crippen LogP) is 4.86. The van der Waals surface area contributed by atoms with Gasteiger partial charge in [0.15, 0.2) is 0 Å². The van der Waals surface area contributed by atoms with E-state index in [1.165, 1.54) is 0 Å². The maximum Gasteiger partial charge on any atom is 0.408 e. The molecule has 196 valence electrons. The first-order valence-electron chi connectivity index (χ1n) is 12.8. The number of benzene rings is 1. The zero-order chi connectivity index (χ0) is 26.2. The molecular weight excluding hydrogens is 462 g/mol. The summed E-state index contributed by atoms with van der Waals surface area (Å²) in [6.45, 7) is 12.0. The van der Waals surface area contributed by atoms with Crippen molar-refractivity contribution in [2.24, 2.45) is 0 Å². The molecule has 2 rings (SSSR count). The number of hydrogen-bond acceptors (Lipinski definition) is 5. The summed E-state index contributed by atoms with van der Waals surface area (Å²) >= 11 is 4.36. The van der Waals surface area contributed by atoms with Crippen LogP contribution in [0.15, 0.2) is 18.2 Å². The molecule has 1 aromatic rings. The van der Waals surface area contributed by atoms with Crippen molar-refractivity contribution in [3.05, 3.63) is 34.9 Å². The van der Waals surface area contributed by atoms with E-state index in [9.17, 15) is 14.4 Å². The third kappa shape index (κ3) is 8.16. The summed E-state index contributed by atoms with van der Waals surface area (Å²) in [4.78, 5) is 41.7. The number of thiol groups is 1. The summed E-state index contributed by atoms with van der Waals surface area (Å²) in [5, 5.41) is 5.74. The molecule has 3 amide bonds. The van der Waals surface area contributed by atoms with Gasteiger partial charge in [-0.1, -0.05) is 38.0 Å². The molecule has 1 fully saturated rings. The fraction of sp³-hybridized carbons (Fsp3) is 0.667. The van der Waals surface area contributed by atoms with Crippen LogP contribution in [0, 0.1) is 13.8 Å². The van der Waals surface area contributed by atoms with Crippen molar-refractivity contribution in [3.8, 4) is 0 Å². The number of alkyl carbamates (subject to hydrolysis) is 1. The molecule has 35 heavy (non-hydrogen) atoms. The molecule has 8 heteroatoms. The van der Waals surface area contributed by atoms with Crippen LogP contribution in [0.5, 0.6) is 0 Å². The number of aryl methyl sites for hydroxylation is 1. The molecule has 0 saturated heterocycles. The normalized spacial score (nSPS) is 15.5. The van der Waals surface area contributed by atoms with Gasteiger partial charge in [-0.3, -0.25) is 9.59 Å². The molecule has 0 spiro atoms. The molecular formula is C27H43N3O4S. The number of amides is 3. The molecule has 1 aliphatic rings. The number of carbonyl (C=O) groups is 3. The number of carbonyl (C=O) groups excluding carboxylic acids is 3. The summed E-state index contributed by atoms with van der Waals surface area (Å²) in [6, 6.07) is 4.09. The van der Waals surface area contributed by atoms with E-state index in [0.29, 0.717) is 6.54 Å². The van der Waals surface area contributed by atoms with E-state index in [4.69, 9.17) is 4.74 Å². The Morgan fingerprint density at radius 2 is 1.86 bits per heavy atom. The second kappa shape index (κ2) is 13.2. The molecule has 0 aromatic heterocycles. The van der Waals surface area contributed by atoms with Crippen LogP contribution in [0.4, 0.5) is 4.79 Å². The van der Waals surface area contributed by atoms with Crippen LogP contribution >= 0.6 is 12.6 Å². The van der Waals surface area contributed by atoms with Gasteiger partial charge in [-0.2, -0.15) is 12.6 Å². The molecule has 0 heterocycles. The molecule has 0 aliphatic heterocycles. The molecule has 2 unspecified atom stereocenters. The van der Waals surface area contributed by atoms with E-state index in [0.717, 1.165) is 55.2 Å². The Kier molecular flexibility index (Phi) is 10.9. The van der Waals surface area contributed by atoms with E-state index >= 15 is 0 Å². The largest absolute Gasteiger partial charge is 0.444 e. The monoisotopic (exact) mass is 505 g/mol. The molecule has 7 nitrogen and oxygen atoms in total. The molecule has 1 aliphatic carbocycles. The number of rotatable bonds is 11. The van der Waals surface area contributed by atoms with Crippen molar-refractivity contribution < 1.29 is 19.1 Å². The Morgan fingerprint density at radius 3 is 2.40 bits per heavy atom. The van der Waals surface area contributed by atoms with Crippen molar-refractivity contribution in [1.82, 2.24) is 15.5 Å². The van der Waals surface area contributed by atoms with Crippen LogP contribution in [-0.2, 0) is 14.3 Å². The summed E-state index contributed by atoms with van der Waals surface area (Å²) < 4.78 is 5.37. The third-order valence-electron chi connectivity index (χ3n) is 6.44. The van der Waals surface area contributed by atoms with Crippen molar-refractivity contribution in [2.75, 3.05) is 12.3 Å². The van der Waals surface area contributed by atoms with Crippen LogP contribution in [-0.4, -0.2) is 52.8 Å². The highest BCUT2D eigenvalue weighted by molar-refractivity contribution is 7.80. The second-order valence-electron chi connectivity index (χ2n) is 10.4. The minimum atomic E-state index is -0.908. The fourth-order valence-electron chi connectivity index (χ4n) is 4.17. The molecule has 1 saturated carbocycles. The third-order valence-corrected chi connectivity index (χ3v) is 6.81. The lowest BCUT2D eigenvalue weighted by Gasteiger charge is -2.44. The Bertz CT molecular complexity index is 880. The molecule has 0 bridgehead atoms. The van der Waals surface area contributed by atoms with Gasteiger partial charge in [-0.15, -0.1) is 0 Å². The Balaban J connectivity index is 2.42. The average Bonchev–Trinajstić information content (AvgIpc) is 2.74. The standard InChI is InChI=1S/C27H43N3O4S/c1-7-8-9-16-28-24(31)23(21-15-10-12-18(2)19(21)3)30(20-13-11-14-20)25(32)22(17-35)29-26(33)34-27(4,5)6/h10,12,15,20,22-23,35H,7-9,11,13-14,16-17H2,1-6H3,(H,28,31)(H,29,33). The summed E-state index contributed by atoms with van der Waals surface area (Å²) in [5.41, 5.74) is 2.17. The van der Waals surface area contributed by atoms with E-state index in [2.05, 4.69) is 30.2 Å². The Morgan fingerprint density at radius 1 is 1.17 bits per heavy atom. The molecule has 2 N–H and O–H groups in total. The van der Waals surface area contributed by atoms with Gasteiger partial charge < -0.3 is 20.3 Å². The van der Waals surface area contributed by atoms with Crippen LogP contribution in [0.25, 0.3) is 0 Å². The van der Waals surface area contributed by atoms with Crippen molar-refractivity contribution >= 4 is 30.5 Å². The van der Waals surface area contributed by atoms with Crippen molar-refractivity contribution in [1.29, 1.82) is 0 Å². The number of nitrogens with zero attached hydrogens (tertiary/aromatic N) is 1. The van der Waals surface area contributed by atoms with Gasteiger partial charge in [0, 0.05) is 18.3 Å². The van der Waals surface area contributed by atoms with E-state index in [-0.39, 0.29) is 23.6 Å².